The van der Waals surface area contributed by atoms with E-state index >= 15 is 0 Å². The molecule has 1 rings (SSSR count). The van der Waals surface area contributed by atoms with Crippen LogP contribution in [0.15, 0.2) is 0 Å². The van der Waals surface area contributed by atoms with Gasteiger partial charge in [-0.2, -0.15) is 5.26 Å². The third kappa shape index (κ3) is 82.9. The number of amides is 1. The monoisotopic (exact) mass is 344 g/mol. The zero-order valence-corrected chi connectivity index (χ0v) is 15.4. The first-order chi connectivity index (χ1) is 10.0. The summed E-state index contributed by atoms with van der Waals surface area (Å²) >= 11 is 9.53. The van der Waals surface area contributed by atoms with Crippen LogP contribution < -0.4 is 0 Å². The number of rotatable bonds is 3. The van der Waals surface area contributed by atoms with Crippen molar-refractivity contribution in [2.45, 2.75) is 33.6 Å². The van der Waals surface area contributed by atoms with Crippen LogP contribution in [0.25, 0.3) is 0 Å². The summed E-state index contributed by atoms with van der Waals surface area (Å²) in [6, 6.07) is 1.75. The summed E-state index contributed by atoms with van der Waals surface area (Å²) in [4.78, 5) is 10.9. The summed E-state index contributed by atoms with van der Waals surface area (Å²) in [5, 5.41) is 7.51. The van der Waals surface area contributed by atoms with Crippen LogP contribution in [0.5, 0.6) is 0 Å². The highest BCUT2D eigenvalue weighted by molar-refractivity contribution is 6.40. The molecule has 0 aromatic carbocycles. The summed E-state index contributed by atoms with van der Waals surface area (Å²) in [6.07, 6.45) is 3.31. The minimum absolute atomic E-state index is 0.194. The highest BCUT2D eigenvalue weighted by Crippen LogP contribution is 1.98. The lowest BCUT2D eigenvalue weighted by molar-refractivity contribution is -0.115. The second-order valence-corrected chi connectivity index (χ2v) is 4.30. The molecule has 0 radical (unpaired) electrons. The standard InChI is InChI=1S/C4H8O.C4H10O.C3H7NO.C2H3N.CH2Cl2/c1-2-4-5-3-1;1-3-5-4-2;1-4(2)3-5;1-2-3;2-1-3/h1-4H2;3-4H2,1-2H3;3H,1-2H3;1H3;1H2. The smallest absolute Gasteiger partial charge is 0.209 e. The molecule has 128 valence electrons. The van der Waals surface area contributed by atoms with Crippen molar-refractivity contribution in [2.24, 2.45) is 0 Å². The van der Waals surface area contributed by atoms with Crippen LogP contribution in [0, 0.1) is 11.3 Å². The van der Waals surface area contributed by atoms with Gasteiger partial charge < -0.3 is 14.4 Å². The molecule has 0 spiro atoms. The summed E-state index contributed by atoms with van der Waals surface area (Å²) in [5.41, 5.74) is 0. The van der Waals surface area contributed by atoms with Gasteiger partial charge in [-0.15, -0.1) is 23.2 Å². The van der Waals surface area contributed by atoms with E-state index in [-0.39, 0.29) is 5.34 Å². The molecule has 7 heteroatoms. The minimum Gasteiger partial charge on any atom is -0.382 e. The van der Waals surface area contributed by atoms with Gasteiger partial charge in [0.25, 0.3) is 0 Å². The lowest BCUT2D eigenvalue weighted by atomic mass is 10.4. The Balaban J connectivity index is -0.0000000880. The molecule has 1 amide bonds. The Hall–Kier alpha value is -0.540. The number of ether oxygens (including phenoxy) is 2. The largest absolute Gasteiger partial charge is 0.382 e. The average molecular weight is 345 g/mol. The molecule has 1 aliphatic rings. The molecule has 1 saturated heterocycles. The van der Waals surface area contributed by atoms with Crippen LogP contribution in [0.3, 0.4) is 0 Å². The molecule has 0 bridgehead atoms. The first-order valence-electron chi connectivity index (χ1n) is 6.72. The Bertz CT molecular complexity index is 188. The predicted octanol–water partition coefficient (Wildman–Crippen LogP) is 3.50. The van der Waals surface area contributed by atoms with Crippen molar-refractivity contribution >= 4 is 29.6 Å². The Kier molecular flexibility index (Phi) is 49.8. The summed E-state index contributed by atoms with van der Waals surface area (Å²) < 4.78 is 9.78. The third-order valence-corrected chi connectivity index (χ3v) is 1.45. The second kappa shape index (κ2) is 36.6. The van der Waals surface area contributed by atoms with Crippen molar-refractivity contribution in [3.05, 3.63) is 0 Å². The molecule has 0 saturated carbocycles. The van der Waals surface area contributed by atoms with E-state index < -0.39 is 0 Å². The van der Waals surface area contributed by atoms with E-state index in [1.165, 1.54) is 24.7 Å². The molecule has 1 heterocycles. The maximum Gasteiger partial charge on any atom is 0.209 e. The van der Waals surface area contributed by atoms with Gasteiger partial charge in [0.1, 0.15) is 0 Å². The fraction of sp³-hybridized carbons (Fsp3) is 0.857. The maximum atomic E-state index is 9.43. The van der Waals surface area contributed by atoms with Gasteiger partial charge >= 0.3 is 0 Å². The van der Waals surface area contributed by atoms with Crippen LogP contribution in [0.2, 0.25) is 0 Å². The Morgan fingerprint density at radius 2 is 1.52 bits per heavy atom. The van der Waals surface area contributed by atoms with E-state index in [1.54, 1.807) is 20.2 Å². The number of carbonyl (C=O) groups is 1. The van der Waals surface area contributed by atoms with Crippen molar-refractivity contribution < 1.29 is 14.3 Å². The molecule has 1 aliphatic heterocycles. The van der Waals surface area contributed by atoms with Crippen LogP contribution >= 0.6 is 23.2 Å². The number of hydrogen-bond acceptors (Lipinski definition) is 4. The molecule has 0 aromatic heterocycles. The molecular weight excluding hydrogens is 315 g/mol. The highest BCUT2D eigenvalue weighted by atomic mass is 35.5. The van der Waals surface area contributed by atoms with Crippen molar-refractivity contribution in [3.63, 3.8) is 0 Å². The summed E-state index contributed by atoms with van der Waals surface area (Å²) in [5.74, 6) is 0. The fourth-order valence-electron chi connectivity index (χ4n) is 0.714. The highest BCUT2D eigenvalue weighted by Gasteiger charge is 1.94. The van der Waals surface area contributed by atoms with Crippen molar-refractivity contribution in [2.75, 3.05) is 45.9 Å². The van der Waals surface area contributed by atoms with E-state index in [1.807, 2.05) is 13.8 Å². The molecule has 0 aromatic rings. The topological polar surface area (TPSA) is 62.6 Å². The quantitative estimate of drug-likeness (QED) is 0.580. The van der Waals surface area contributed by atoms with Gasteiger partial charge in [-0.3, -0.25) is 4.79 Å². The lowest BCUT2D eigenvalue weighted by Crippen LogP contribution is -2.06. The van der Waals surface area contributed by atoms with Crippen molar-refractivity contribution in [3.8, 4) is 6.07 Å². The van der Waals surface area contributed by atoms with Crippen molar-refractivity contribution in [1.82, 2.24) is 4.90 Å². The molecule has 0 N–H and O–H groups in total. The number of nitrogens with zero attached hydrogens (tertiary/aromatic N) is 2. The van der Waals surface area contributed by atoms with E-state index in [9.17, 15) is 4.79 Å². The predicted molar refractivity (Wildman–Crippen MR) is 89.8 cm³/mol. The zero-order valence-electron chi connectivity index (χ0n) is 13.9. The summed E-state index contributed by atoms with van der Waals surface area (Å²) in [7, 11) is 3.38. The molecular formula is C14H30Cl2N2O3. The Morgan fingerprint density at radius 3 is 1.57 bits per heavy atom. The van der Waals surface area contributed by atoms with Gasteiger partial charge in [-0.25, -0.2) is 0 Å². The van der Waals surface area contributed by atoms with E-state index in [4.69, 9.17) is 37.9 Å². The van der Waals surface area contributed by atoms with Gasteiger partial charge in [0, 0.05) is 47.4 Å². The molecule has 0 aliphatic carbocycles. The normalized spacial score (nSPS) is 10.6. The van der Waals surface area contributed by atoms with E-state index in [0.717, 1.165) is 32.8 Å². The van der Waals surface area contributed by atoms with Crippen LogP contribution in [0.4, 0.5) is 0 Å². The van der Waals surface area contributed by atoms with Crippen molar-refractivity contribution in [1.29, 1.82) is 5.26 Å². The number of halogens is 2. The molecule has 0 atom stereocenters. The van der Waals surface area contributed by atoms with Gasteiger partial charge in [-0.1, -0.05) is 0 Å². The Labute approximate surface area is 140 Å². The lowest BCUT2D eigenvalue weighted by Gasteiger charge is -1.93. The Morgan fingerprint density at radius 1 is 1.24 bits per heavy atom. The first-order valence-corrected chi connectivity index (χ1v) is 7.78. The van der Waals surface area contributed by atoms with Gasteiger partial charge in [0.05, 0.1) is 11.4 Å². The minimum atomic E-state index is 0.194. The summed E-state index contributed by atoms with van der Waals surface area (Å²) in [6.45, 7) is 9.10. The van der Waals surface area contributed by atoms with Crippen LogP contribution in [-0.4, -0.2) is 57.2 Å². The number of hydrogen-bond donors (Lipinski definition) is 0. The third-order valence-electron chi connectivity index (χ3n) is 1.45. The molecule has 5 nitrogen and oxygen atoms in total. The number of alkyl halides is 2. The van der Waals surface area contributed by atoms with E-state index in [0.29, 0.717) is 0 Å². The van der Waals surface area contributed by atoms with E-state index in [2.05, 4.69) is 0 Å². The molecule has 0 unspecified atom stereocenters. The SMILES string of the molecule is C1CCOC1.CC#N.CCOCC.CN(C)C=O.ClCCl. The fourth-order valence-corrected chi connectivity index (χ4v) is 0.714. The van der Waals surface area contributed by atoms with Gasteiger partial charge in [0.2, 0.25) is 6.41 Å². The molecule has 21 heavy (non-hydrogen) atoms. The van der Waals surface area contributed by atoms with Gasteiger partial charge in [0.15, 0.2) is 0 Å². The maximum absolute atomic E-state index is 9.43. The first kappa shape index (κ1) is 28.6. The van der Waals surface area contributed by atoms with Crippen LogP contribution in [-0.2, 0) is 14.3 Å². The van der Waals surface area contributed by atoms with Gasteiger partial charge in [-0.05, 0) is 26.7 Å². The number of nitriles is 1. The molecule has 1 fully saturated rings. The second-order valence-electron chi connectivity index (χ2n) is 3.49. The number of carbonyl (C=O) groups excluding carboxylic acids is 1. The van der Waals surface area contributed by atoms with Crippen LogP contribution in [0.1, 0.15) is 33.6 Å². The average Bonchev–Trinajstić information content (AvgIpc) is 3.01. The zero-order chi connectivity index (χ0) is 17.4.